The van der Waals surface area contributed by atoms with Crippen molar-refractivity contribution in [1.29, 1.82) is 0 Å². The molecule has 1 fully saturated rings. The van der Waals surface area contributed by atoms with Crippen molar-refractivity contribution in [1.82, 2.24) is 10.6 Å². The zero-order valence-electron chi connectivity index (χ0n) is 7.01. The summed E-state index contributed by atoms with van der Waals surface area (Å²) in [5.41, 5.74) is 0. The molecule has 1 unspecified atom stereocenters. The quantitative estimate of drug-likeness (QED) is 0.491. The number of nitrogens with one attached hydrogen (secondary N) is 2. The molecule has 68 valence electrons. The van der Waals surface area contributed by atoms with E-state index in [9.17, 15) is 4.79 Å². The Balaban J connectivity index is 2.14. The van der Waals surface area contributed by atoms with E-state index in [0.717, 1.165) is 18.1 Å². The van der Waals surface area contributed by atoms with Gasteiger partial charge in [0.1, 0.15) is 0 Å². The molecular formula is C8H14N2OS. The smallest absolute Gasteiger partial charge is 0.238 e. The Kier molecular flexibility index (Phi) is 4.18. The van der Waals surface area contributed by atoms with Gasteiger partial charge >= 0.3 is 0 Å². The molecule has 3 nitrogen and oxygen atoms in total. The minimum Gasteiger partial charge on any atom is -0.354 e. The molecule has 0 aromatic heterocycles. The lowest BCUT2D eigenvalue weighted by Crippen LogP contribution is -2.42. The van der Waals surface area contributed by atoms with Gasteiger partial charge in [0.15, 0.2) is 0 Å². The highest BCUT2D eigenvalue weighted by atomic mass is 32.2. The molecule has 12 heavy (non-hydrogen) atoms. The first-order valence-corrected chi connectivity index (χ1v) is 5.20. The third-order valence-corrected chi connectivity index (χ3v) is 2.62. The summed E-state index contributed by atoms with van der Waals surface area (Å²) in [5, 5.41) is 5.95. The monoisotopic (exact) mass is 186 g/mol. The summed E-state index contributed by atoms with van der Waals surface area (Å²) in [6, 6.07) is 0.0137. The molecule has 2 N–H and O–H groups in total. The number of hydrogen-bond acceptors (Lipinski definition) is 3. The zero-order valence-corrected chi connectivity index (χ0v) is 7.82. The van der Waals surface area contributed by atoms with Gasteiger partial charge in [0.2, 0.25) is 5.91 Å². The molecule has 0 saturated carbocycles. The number of amides is 1. The lowest BCUT2D eigenvalue weighted by Gasteiger charge is -2.08. The van der Waals surface area contributed by atoms with E-state index < -0.39 is 0 Å². The van der Waals surface area contributed by atoms with E-state index in [4.69, 9.17) is 0 Å². The lowest BCUT2D eigenvalue weighted by molar-refractivity contribution is -0.122. The van der Waals surface area contributed by atoms with Crippen LogP contribution in [0.2, 0.25) is 0 Å². The molecule has 0 aromatic rings. The molecule has 1 aliphatic heterocycles. The van der Waals surface area contributed by atoms with E-state index in [1.54, 1.807) is 17.8 Å². The van der Waals surface area contributed by atoms with Gasteiger partial charge in [0.25, 0.3) is 0 Å². The van der Waals surface area contributed by atoms with Crippen molar-refractivity contribution in [3.05, 3.63) is 12.7 Å². The SMILES string of the molecule is C=CCCNC(=O)C1CSCN1. The van der Waals surface area contributed by atoms with Crippen LogP contribution in [0.3, 0.4) is 0 Å². The van der Waals surface area contributed by atoms with Gasteiger partial charge in [0, 0.05) is 18.2 Å². The molecule has 0 radical (unpaired) electrons. The number of hydrogen-bond donors (Lipinski definition) is 2. The maximum absolute atomic E-state index is 11.3. The molecule has 1 amide bonds. The highest BCUT2D eigenvalue weighted by molar-refractivity contribution is 7.99. The lowest BCUT2D eigenvalue weighted by atomic mass is 10.3. The predicted octanol–water partition coefficient (Wildman–Crippen LogP) is 0.341. The van der Waals surface area contributed by atoms with Gasteiger partial charge in [-0.25, -0.2) is 0 Å². The van der Waals surface area contributed by atoms with Crippen molar-refractivity contribution in [2.45, 2.75) is 12.5 Å². The van der Waals surface area contributed by atoms with Crippen LogP contribution in [-0.4, -0.2) is 30.1 Å². The summed E-state index contributed by atoms with van der Waals surface area (Å²) in [4.78, 5) is 11.3. The molecule has 0 bridgehead atoms. The Morgan fingerprint density at radius 1 is 1.83 bits per heavy atom. The summed E-state index contributed by atoms with van der Waals surface area (Å²) in [6.45, 7) is 4.28. The maximum atomic E-state index is 11.3. The number of carbonyl (C=O) groups excluding carboxylic acids is 1. The summed E-state index contributed by atoms with van der Waals surface area (Å²) >= 11 is 1.76. The first-order valence-electron chi connectivity index (χ1n) is 4.04. The standard InChI is InChI=1S/C8H14N2OS/c1-2-3-4-9-8(11)7-5-12-6-10-7/h2,7,10H,1,3-6H2,(H,9,11). The highest BCUT2D eigenvalue weighted by Gasteiger charge is 2.21. The predicted molar refractivity (Wildman–Crippen MR) is 52.1 cm³/mol. The van der Waals surface area contributed by atoms with E-state index in [-0.39, 0.29) is 11.9 Å². The van der Waals surface area contributed by atoms with Gasteiger partial charge in [0.05, 0.1) is 6.04 Å². The van der Waals surface area contributed by atoms with Gasteiger partial charge in [-0.3, -0.25) is 10.1 Å². The van der Waals surface area contributed by atoms with Crippen molar-refractivity contribution in [2.24, 2.45) is 0 Å². The molecule has 1 saturated heterocycles. The van der Waals surface area contributed by atoms with Crippen LogP contribution in [0.5, 0.6) is 0 Å². The Morgan fingerprint density at radius 3 is 3.25 bits per heavy atom. The molecular weight excluding hydrogens is 172 g/mol. The number of carbonyl (C=O) groups is 1. The molecule has 0 aromatic carbocycles. The second kappa shape index (κ2) is 5.22. The van der Waals surface area contributed by atoms with E-state index in [1.807, 2.05) is 0 Å². The van der Waals surface area contributed by atoms with Crippen molar-refractivity contribution < 1.29 is 4.79 Å². The largest absolute Gasteiger partial charge is 0.354 e. The van der Waals surface area contributed by atoms with Crippen LogP contribution in [0.4, 0.5) is 0 Å². The minimum absolute atomic E-state index is 0.0137. The van der Waals surface area contributed by atoms with Crippen molar-refractivity contribution in [2.75, 3.05) is 18.2 Å². The van der Waals surface area contributed by atoms with E-state index in [0.29, 0.717) is 6.54 Å². The van der Waals surface area contributed by atoms with Gasteiger partial charge in [-0.05, 0) is 6.42 Å². The van der Waals surface area contributed by atoms with Gasteiger partial charge in [-0.2, -0.15) is 0 Å². The minimum atomic E-state index is 0.0137. The van der Waals surface area contributed by atoms with Crippen LogP contribution in [-0.2, 0) is 4.79 Å². The van der Waals surface area contributed by atoms with Gasteiger partial charge in [-0.15, -0.1) is 18.3 Å². The molecule has 1 aliphatic rings. The molecule has 0 aliphatic carbocycles. The number of rotatable bonds is 4. The summed E-state index contributed by atoms with van der Waals surface area (Å²) < 4.78 is 0. The fourth-order valence-corrected chi connectivity index (χ4v) is 1.93. The molecule has 1 atom stereocenters. The summed E-state index contributed by atoms with van der Waals surface area (Å²) in [7, 11) is 0. The molecule has 1 heterocycles. The van der Waals surface area contributed by atoms with Gasteiger partial charge < -0.3 is 5.32 Å². The van der Waals surface area contributed by atoms with Crippen molar-refractivity contribution in [3.8, 4) is 0 Å². The van der Waals surface area contributed by atoms with Crippen LogP contribution in [0.1, 0.15) is 6.42 Å². The average molecular weight is 186 g/mol. The maximum Gasteiger partial charge on any atom is 0.238 e. The first kappa shape index (κ1) is 9.61. The Hall–Kier alpha value is -0.480. The van der Waals surface area contributed by atoms with Crippen LogP contribution in [0.15, 0.2) is 12.7 Å². The van der Waals surface area contributed by atoms with E-state index >= 15 is 0 Å². The zero-order chi connectivity index (χ0) is 8.81. The fraction of sp³-hybridized carbons (Fsp3) is 0.625. The fourth-order valence-electron chi connectivity index (χ4n) is 0.984. The van der Waals surface area contributed by atoms with Crippen LogP contribution in [0, 0.1) is 0 Å². The Morgan fingerprint density at radius 2 is 2.67 bits per heavy atom. The molecule has 0 spiro atoms. The van der Waals surface area contributed by atoms with E-state index in [2.05, 4.69) is 17.2 Å². The van der Waals surface area contributed by atoms with Crippen LogP contribution in [0.25, 0.3) is 0 Å². The molecule has 4 heteroatoms. The third kappa shape index (κ3) is 2.87. The van der Waals surface area contributed by atoms with Crippen LogP contribution < -0.4 is 10.6 Å². The average Bonchev–Trinajstić information content (AvgIpc) is 2.56. The Bertz CT molecular complexity index is 166. The highest BCUT2D eigenvalue weighted by Crippen LogP contribution is 2.08. The van der Waals surface area contributed by atoms with Gasteiger partial charge in [-0.1, -0.05) is 6.08 Å². The van der Waals surface area contributed by atoms with Crippen LogP contribution >= 0.6 is 11.8 Å². The topological polar surface area (TPSA) is 41.1 Å². The van der Waals surface area contributed by atoms with E-state index in [1.165, 1.54) is 0 Å². The van der Waals surface area contributed by atoms with Crippen molar-refractivity contribution in [3.63, 3.8) is 0 Å². The second-order valence-corrected chi connectivity index (χ2v) is 3.67. The third-order valence-electron chi connectivity index (χ3n) is 1.68. The normalized spacial score (nSPS) is 22.2. The summed E-state index contributed by atoms with van der Waals surface area (Å²) in [6.07, 6.45) is 2.64. The Labute approximate surface area is 77.0 Å². The molecule has 1 rings (SSSR count). The first-order chi connectivity index (χ1) is 5.84. The number of thioether (sulfide) groups is 1. The van der Waals surface area contributed by atoms with Crippen molar-refractivity contribution >= 4 is 17.7 Å². The summed E-state index contributed by atoms with van der Waals surface area (Å²) in [5.74, 6) is 1.89. The second-order valence-electron chi connectivity index (χ2n) is 2.64.